The van der Waals surface area contributed by atoms with Crippen LogP contribution in [0.25, 0.3) is 0 Å². The summed E-state index contributed by atoms with van der Waals surface area (Å²) in [6.07, 6.45) is 6.19. The number of fused-ring (bicyclic) bond motifs is 5. The van der Waals surface area contributed by atoms with Gasteiger partial charge in [-0.15, -0.1) is 20.2 Å². The Labute approximate surface area is 292 Å². The smallest absolute Gasteiger partial charge is 0.294 e. The molecule has 4 rings (SSSR count). The molecule has 282 valence electrons. The van der Waals surface area contributed by atoms with Gasteiger partial charge in [-0.2, -0.15) is 0 Å². The molecular formula is C34H60N4O10S. The van der Waals surface area contributed by atoms with Crippen molar-refractivity contribution in [3.63, 3.8) is 0 Å². The molecule has 15 heteroatoms. The average molecular weight is 717 g/mol. The summed E-state index contributed by atoms with van der Waals surface area (Å²) in [5.41, 5.74) is -0.682. The van der Waals surface area contributed by atoms with E-state index in [9.17, 15) is 38.0 Å². The second kappa shape index (κ2) is 15.1. The third-order valence-corrected chi connectivity index (χ3v) is 14.5. The number of hydrogen-bond donors (Lipinski definition) is 1. The summed E-state index contributed by atoms with van der Waals surface area (Å²) in [5, 5.41) is 25.4. The molecule has 4 aliphatic carbocycles. The van der Waals surface area contributed by atoms with Gasteiger partial charge in [0, 0.05) is 36.5 Å². The number of carbonyl (C=O) groups is 1. The maximum absolute atomic E-state index is 12.9. The average Bonchev–Trinajstić information content (AvgIpc) is 3.31. The first-order valence-electron chi connectivity index (χ1n) is 18.3. The molecule has 0 bridgehead atoms. The summed E-state index contributed by atoms with van der Waals surface area (Å²) < 4.78 is 33.8. The quantitative estimate of drug-likeness (QED) is 0.0761. The summed E-state index contributed by atoms with van der Waals surface area (Å²) in [7, 11) is -0.324. The molecule has 49 heavy (non-hydrogen) atoms. The van der Waals surface area contributed by atoms with Crippen LogP contribution in [0.3, 0.4) is 0 Å². The zero-order chi connectivity index (χ0) is 36.5. The second-order valence-corrected chi connectivity index (χ2v) is 18.9. The Morgan fingerprint density at radius 3 is 2.33 bits per heavy atom. The molecular weight excluding hydrogens is 656 g/mol. The minimum atomic E-state index is -4.28. The highest BCUT2D eigenvalue weighted by atomic mass is 32.2. The molecule has 4 aliphatic rings. The van der Waals surface area contributed by atoms with Crippen molar-refractivity contribution in [2.45, 2.75) is 111 Å². The Balaban J connectivity index is 1.41. The lowest BCUT2D eigenvalue weighted by Crippen LogP contribution is -2.63. The van der Waals surface area contributed by atoms with Gasteiger partial charge in [0.05, 0.1) is 37.3 Å². The summed E-state index contributed by atoms with van der Waals surface area (Å²) in [6.45, 7) is 12.2. The number of quaternary nitrogens is 1. The van der Waals surface area contributed by atoms with E-state index in [1.54, 1.807) is 6.92 Å². The van der Waals surface area contributed by atoms with E-state index in [0.29, 0.717) is 62.1 Å². The van der Waals surface area contributed by atoms with Gasteiger partial charge < -0.3 is 24.0 Å². The van der Waals surface area contributed by atoms with E-state index in [1.165, 1.54) is 0 Å². The highest BCUT2D eigenvalue weighted by molar-refractivity contribution is 7.85. The molecule has 1 N–H and O–H groups in total. The molecule has 1 amide bonds. The zero-order valence-electron chi connectivity index (χ0n) is 30.5. The summed E-state index contributed by atoms with van der Waals surface area (Å²) >= 11 is 0. The van der Waals surface area contributed by atoms with Crippen LogP contribution in [0.2, 0.25) is 0 Å². The van der Waals surface area contributed by atoms with E-state index in [0.717, 1.165) is 32.1 Å². The van der Waals surface area contributed by atoms with Gasteiger partial charge in [-0.05, 0) is 91.8 Å². The molecule has 7 unspecified atom stereocenters. The lowest BCUT2D eigenvalue weighted by Gasteiger charge is -2.64. The first-order chi connectivity index (χ1) is 22.7. The molecule has 14 nitrogen and oxygen atoms in total. The lowest BCUT2D eigenvalue weighted by molar-refractivity contribution is -0.893. The van der Waals surface area contributed by atoms with Gasteiger partial charge in [0.1, 0.15) is 12.2 Å². The molecule has 0 aromatic carbocycles. The van der Waals surface area contributed by atoms with Gasteiger partial charge in [0.15, 0.2) is 0 Å². The maximum atomic E-state index is 12.9. The van der Waals surface area contributed by atoms with Crippen molar-refractivity contribution < 1.29 is 42.1 Å². The fourth-order valence-corrected chi connectivity index (χ4v) is 12.3. The van der Waals surface area contributed by atoms with Crippen molar-refractivity contribution in [2.75, 3.05) is 39.5 Å². The summed E-state index contributed by atoms with van der Waals surface area (Å²) in [6, 6.07) is 0. The van der Waals surface area contributed by atoms with Gasteiger partial charge in [-0.25, -0.2) is 8.42 Å². The minimum Gasteiger partial charge on any atom is -0.748 e. The molecule has 0 aromatic heterocycles. The Kier molecular flexibility index (Phi) is 12.2. The summed E-state index contributed by atoms with van der Waals surface area (Å²) in [4.78, 5) is 47.7. The fraction of sp³-hybridized carbons (Fsp3) is 0.971. The Hall–Kier alpha value is -2.26. The van der Waals surface area contributed by atoms with Crippen LogP contribution in [-0.2, 0) is 24.6 Å². The number of carbonyl (C=O) groups excluding carboxylic acids is 1. The Morgan fingerprint density at radius 2 is 1.69 bits per heavy atom. The first-order valence-corrected chi connectivity index (χ1v) is 19.9. The molecule has 4 saturated carbocycles. The van der Waals surface area contributed by atoms with Crippen LogP contribution < -0.4 is 5.32 Å². The number of nitrogens with one attached hydrogen (secondary N) is 1. The standard InChI is InChI=1S/C34H60N4O10S/c1-22-13-14-33(4)25(17-22)18-29(47-36(40)41)32-27-11-10-26(34(27,5)30(19-28(32)33)48-37(42)43)24(3)9-12-31(39)35-15-8-16-38(6,7)20-23(2)21-49(44,45)46/h22-30,32H,8-21H2,1-7H3,(H-,35,39,44,45,46)/t22-,23?,24-,25?,26-,27?,28?,29?,30?,32?,33+,34-/m1/s1. The number of hydrogen-bond acceptors (Lipinski definition) is 10. The lowest BCUT2D eigenvalue weighted by atomic mass is 9.42. The van der Waals surface area contributed by atoms with E-state index in [2.05, 4.69) is 33.0 Å². The largest absolute Gasteiger partial charge is 0.748 e. The van der Waals surface area contributed by atoms with Crippen LogP contribution in [0.15, 0.2) is 0 Å². The van der Waals surface area contributed by atoms with Crippen LogP contribution in [0.1, 0.15) is 98.8 Å². The van der Waals surface area contributed by atoms with Crippen LogP contribution in [-0.4, -0.2) is 85.2 Å². The van der Waals surface area contributed by atoms with Gasteiger partial charge >= 0.3 is 0 Å². The van der Waals surface area contributed by atoms with Crippen LogP contribution >= 0.6 is 0 Å². The van der Waals surface area contributed by atoms with Gasteiger partial charge in [-0.3, -0.25) is 4.79 Å². The first kappa shape index (κ1) is 39.5. The van der Waals surface area contributed by atoms with Crippen molar-refractivity contribution in [3.05, 3.63) is 20.2 Å². The molecule has 4 fully saturated rings. The maximum Gasteiger partial charge on any atom is 0.294 e. The zero-order valence-corrected chi connectivity index (χ0v) is 31.3. The SMILES string of the molecule is CC(C[N+](C)(C)CCCNC(=O)CC[C@@H](C)[C@H]1CCC2C3C(O[N+](=O)[O-])CC4C[C@H](C)CC[C@]4(C)C3CC(O[N+](=O)[O-])[C@@]21C)CS(=O)(=O)[O-]. The predicted octanol–water partition coefficient (Wildman–Crippen LogP) is 4.84. The monoisotopic (exact) mass is 716 g/mol. The molecule has 0 spiro atoms. The predicted molar refractivity (Wildman–Crippen MR) is 180 cm³/mol. The fourth-order valence-electron chi connectivity index (χ4n) is 11.5. The molecule has 0 aliphatic heterocycles. The highest BCUT2D eigenvalue weighted by Crippen LogP contribution is 2.69. The Bertz CT molecular complexity index is 1320. The van der Waals surface area contributed by atoms with Gasteiger partial charge in [-0.1, -0.05) is 41.0 Å². The molecule has 0 aromatic rings. The minimum absolute atomic E-state index is 0.0260. The van der Waals surface area contributed by atoms with Gasteiger partial charge in [0.25, 0.3) is 10.2 Å². The van der Waals surface area contributed by atoms with Crippen molar-refractivity contribution >= 4 is 16.0 Å². The van der Waals surface area contributed by atoms with E-state index in [4.69, 9.17) is 9.68 Å². The summed E-state index contributed by atoms with van der Waals surface area (Å²) in [5.74, 6) is 0.0780. The van der Waals surface area contributed by atoms with E-state index in [1.807, 2.05) is 14.1 Å². The number of nitrogens with zero attached hydrogens (tertiary/aromatic N) is 3. The van der Waals surface area contributed by atoms with Crippen LogP contribution in [0, 0.1) is 78.4 Å². The highest BCUT2D eigenvalue weighted by Gasteiger charge is 2.67. The van der Waals surface area contributed by atoms with Crippen molar-refractivity contribution in [2.24, 2.45) is 58.2 Å². The van der Waals surface area contributed by atoms with Gasteiger partial charge in [0.2, 0.25) is 5.91 Å². The van der Waals surface area contributed by atoms with E-state index >= 15 is 0 Å². The molecule has 0 heterocycles. The second-order valence-electron chi connectivity index (χ2n) is 17.5. The number of amides is 1. The van der Waals surface area contributed by atoms with E-state index in [-0.39, 0.29) is 52.7 Å². The van der Waals surface area contributed by atoms with Crippen molar-refractivity contribution in [1.29, 1.82) is 0 Å². The Morgan fingerprint density at radius 1 is 1.02 bits per heavy atom. The van der Waals surface area contributed by atoms with Crippen LogP contribution in [0.4, 0.5) is 0 Å². The van der Waals surface area contributed by atoms with E-state index < -0.39 is 43.7 Å². The van der Waals surface area contributed by atoms with Crippen molar-refractivity contribution in [3.8, 4) is 0 Å². The normalized spacial score (nSPS) is 37.1. The topological polar surface area (TPSA) is 191 Å². The van der Waals surface area contributed by atoms with Crippen molar-refractivity contribution in [1.82, 2.24) is 5.32 Å². The molecule has 0 radical (unpaired) electrons. The molecule has 12 atom stereocenters. The molecule has 0 saturated heterocycles. The number of rotatable bonds is 16. The third kappa shape index (κ3) is 9.16. The van der Waals surface area contributed by atoms with Crippen LogP contribution in [0.5, 0.6) is 0 Å². The third-order valence-electron chi connectivity index (χ3n) is 13.6.